The van der Waals surface area contributed by atoms with Crippen LogP contribution in [0.1, 0.15) is 11.1 Å². The fraction of sp³-hybridized carbons (Fsp3) is 0. The molecule has 6 heteroatoms. The molecule has 0 amide bonds. The van der Waals surface area contributed by atoms with E-state index in [-0.39, 0.29) is 5.69 Å². The Morgan fingerprint density at radius 1 is 1.30 bits per heavy atom. The zero-order valence-corrected chi connectivity index (χ0v) is 11.7. The lowest BCUT2D eigenvalue weighted by Gasteiger charge is -1.98. The number of nitro groups is 1. The van der Waals surface area contributed by atoms with E-state index < -0.39 is 4.92 Å². The van der Waals surface area contributed by atoms with Crippen molar-refractivity contribution in [2.45, 2.75) is 0 Å². The largest absolute Gasteiger partial charge is 0.284 e. The van der Waals surface area contributed by atoms with Gasteiger partial charge in [-0.05, 0) is 39.7 Å². The molecule has 0 radical (unpaired) electrons. The van der Waals surface area contributed by atoms with Crippen LogP contribution in [-0.4, -0.2) is 11.1 Å². The first-order valence-corrected chi connectivity index (χ1v) is 6.38. The molecule has 0 spiro atoms. The van der Waals surface area contributed by atoms with E-state index in [2.05, 4.69) is 20.9 Å². The average molecular weight is 330 g/mol. The third-order valence-corrected chi connectivity index (χ3v) is 3.21. The predicted molar refractivity (Wildman–Crippen MR) is 79.2 cm³/mol. The lowest BCUT2D eigenvalue weighted by atomic mass is 10.2. The Morgan fingerprint density at radius 2 is 2.05 bits per heavy atom. The third kappa shape index (κ3) is 3.08. The number of hydrogen-bond donors (Lipinski definition) is 0. The topological polar surface area (TPSA) is 79.3 Å². The monoisotopic (exact) mass is 329 g/mol. The molecule has 0 atom stereocenters. The van der Waals surface area contributed by atoms with Crippen LogP contribution in [-0.2, 0) is 0 Å². The summed E-state index contributed by atoms with van der Waals surface area (Å²) >= 11 is 3.12. The molecule has 5 nitrogen and oxygen atoms in total. The Balaban J connectivity index is 2.35. The van der Waals surface area contributed by atoms with Gasteiger partial charge in [0.05, 0.1) is 20.6 Å². The molecule has 0 unspecified atom stereocenters. The maximum atomic E-state index is 10.8. The van der Waals surface area contributed by atoms with Gasteiger partial charge >= 0.3 is 0 Å². The molecule has 0 heterocycles. The van der Waals surface area contributed by atoms with E-state index in [1.807, 2.05) is 6.07 Å². The van der Waals surface area contributed by atoms with E-state index in [0.29, 0.717) is 21.3 Å². The molecule has 0 saturated carbocycles. The molecule has 0 fully saturated rings. The van der Waals surface area contributed by atoms with Gasteiger partial charge in [-0.1, -0.05) is 18.2 Å². The maximum absolute atomic E-state index is 10.8. The zero-order chi connectivity index (χ0) is 14.5. The summed E-state index contributed by atoms with van der Waals surface area (Å²) < 4.78 is 0.414. The second kappa shape index (κ2) is 6.08. The van der Waals surface area contributed by atoms with Crippen molar-refractivity contribution in [3.63, 3.8) is 0 Å². The van der Waals surface area contributed by atoms with Gasteiger partial charge in [-0.3, -0.25) is 15.1 Å². The van der Waals surface area contributed by atoms with Crippen molar-refractivity contribution < 1.29 is 4.92 Å². The van der Waals surface area contributed by atoms with Gasteiger partial charge < -0.3 is 0 Å². The Hall–Kier alpha value is -2.52. The van der Waals surface area contributed by atoms with Crippen molar-refractivity contribution in [1.82, 2.24) is 0 Å². The molecule has 0 aliphatic heterocycles. The zero-order valence-electron chi connectivity index (χ0n) is 10.2. The second-order valence-electron chi connectivity index (χ2n) is 3.86. The number of benzene rings is 2. The summed E-state index contributed by atoms with van der Waals surface area (Å²) in [6.07, 6.45) is 1.50. The van der Waals surface area contributed by atoms with Crippen molar-refractivity contribution in [3.05, 3.63) is 68.2 Å². The second-order valence-corrected chi connectivity index (χ2v) is 4.71. The van der Waals surface area contributed by atoms with E-state index in [0.717, 1.165) is 0 Å². The minimum Gasteiger partial charge on any atom is -0.258 e. The van der Waals surface area contributed by atoms with E-state index in [1.54, 1.807) is 36.4 Å². The van der Waals surface area contributed by atoms with Gasteiger partial charge in [0.1, 0.15) is 6.07 Å². The summed E-state index contributed by atoms with van der Waals surface area (Å²) in [6, 6.07) is 13.7. The van der Waals surface area contributed by atoms with E-state index in [4.69, 9.17) is 5.26 Å². The van der Waals surface area contributed by atoms with Gasteiger partial charge in [0.25, 0.3) is 5.69 Å². The highest BCUT2D eigenvalue weighted by atomic mass is 79.9. The van der Waals surface area contributed by atoms with Crippen LogP contribution in [0.5, 0.6) is 0 Å². The number of nitrogens with zero attached hydrogens (tertiary/aromatic N) is 3. The minimum atomic E-state index is -0.468. The van der Waals surface area contributed by atoms with Gasteiger partial charge in [0, 0.05) is 12.3 Å². The van der Waals surface area contributed by atoms with Crippen molar-refractivity contribution in [2.75, 3.05) is 0 Å². The number of hydrogen-bond acceptors (Lipinski definition) is 4. The van der Waals surface area contributed by atoms with Gasteiger partial charge in [-0.25, -0.2) is 0 Å². The molecule has 0 N–H and O–H groups in total. The molecule has 0 aliphatic rings. The highest BCUT2D eigenvalue weighted by Crippen LogP contribution is 2.25. The smallest absolute Gasteiger partial charge is 0.258 e. The molecular formula is C14H8BrN3O2. The lowest BCUT2D eigenvalue weighted by molar-refractivity contribution is -0.385. The Labute approximate surface area is 123 Å². The van der Waals surface area contributed by atoms with Crippen LogP contribution in [0.15, 0.2) is 51.9 Å². The maximum Gasteiger partial charge on any atom is 0.284 e. The van der Waals surface area contributed by atoms with Crippen LogP contribution in [0, 0.1) is 21.4 Å². The number of para-hydroxylation sites is 1. The van der Waals surface area contributed by atoms with Crippen molar-refractivity contribution in [2.24, 2.45) is 4.99 Å². The molecule has 20 heavy (non-hydrogen) atoms. The SMILES string of the molecule is N#Cc1ccccc1N=Cc1ccc(Br)c([N+](=O)[O-])c1. The summed E-state index contributed by atoms with van der Waals surface area (Å²) in [5.41, 5.74) is 1.55. The molecule has 2 rings (SSSR count). The number of aliphatic imine (C=N–C) groups is 1. The van der Waals surface area contributed by atoms with E-state index in [1.165, 1.54) is 12.3 Å². The van der Waals surface area contributed by atoms with Crippen LogP contribution < -0.4 is 0 Å². The van der Waals surface area contributed by atoms with Gasteiger partial charge in [-0.2, -0.15) is 5.26 Å². The summed E-state index contributed by atoms with van der Waals surface area (Å²) in [4.78, 5) is 14.6. The van der Waals surface area contributed by atoms with Crippen LogP contribution in [0.2, 0.25) is 0 Å². The minimum absolute atomic E-state index is 0.0254. The lowest BCUT2D eigenvalue weighted by Crippen LogP contribution is -1.91. The van der Waals surface area contributed by atoms with Gasteiger partial charge in [0.2, 0.25) is 0 Å². The normalized spacial score (nSPS) is 10.4. The molecule has 0 bridgehead atoms. The highest BCUT2D eigenvalue weighted by molar-refractivity contribution is 9.10. The van der Waals surface area contributed by atoms with Crippen LogP contribution in [0.3, 0.4) is 0 Å². The molecule has 0 aromatic heterocycles. The standard InChI is InChI=1S/C14H8BrN3O2/c15-12-6-5-10(7-14(12)18(19)20)9-17-13-4-2-1-3-11(13)8-16/h1-7,9H. The molecule has 2 aromatic carbocycles. The van der Waals surface area contributed by atoms with E-state index >= 15 is 0 Å². The summed E-state index contributed by atoms with van der Waals surface area (Å²) in [7, 11) is 0. The van der Waals surface area contributed by atoms with Gasteiger partial charge in [-0.15, -0.1) is 0 Å². The third-order valence-electron chi connectivity index (χ3n) is 2.54. The molecule has 0 saturated heterocycles. The molecular weight excluding hydrogens is 322 g/mol. The highest BCUT2D eigenvalue weighted by Gasteiger charge is 2.11. The predicted octanol–water partition coefficient (Wildman–Crippen LogP) is 3.98. The van der Waals surface area contributed by atoms with Crippen molar-refractivity contribution in [1.29, 1.82) is 5.26 Å². The van der Waals surface area contributed by atoms with Crippen molar-refractivity contribution in [3.8, 4) is 6.07 Å². The summed E-state index contributed by atoms with van der Waals surface area (Å²) in [5, 5.41) is 19.8. The van der Waals surface area contributed by atoms with Crippen LogP contribution in [0.25, 0.3) is 0 Å². The van der Waals surface area contributed by atoms with Crippen molar-refractivity contribution >= 4 is 33.5 Å². The summed E-state index contributed by atoms with van der Waals surface area (Å²) in [6.45, 7) is 0. The molecule has 2 aromatic rings. The Kier molecular flexibility index (Phi) is 4.23. The fourth-order valence-electron chi connectivity index (χ4n) is 1.57. The van der Waals surface area contributed by atoms with Gasteiger partial charge in [0.15, 0.2) is 0 Å². The number of nitriles is 1. The first-order chi connectivity index (χ1) is 9.61. The first-order valence-electron chi connectivity index (χ1n) is 5.59. The molecule has 0 aliphatic carbocycles. The average Bonchev–Trinajstić information content (AvgIpc) is 2.46. The fourth-order valence-corrected chi connectivity index (χ4v) is 1.97. The number of halogens is 1. The molecule has 98 valence electrons. The van der Waals surface area contributed by atoms with E-state index in [9.17, 15) is 10.1 Å². The Bertz CT molecular complexity index is 735. The summed E-state index contributed by atoms with van der Waals surface area (Å²) in [5.74, 6) is 0. The Morgan fingerprint density at radius 3 is 2.75 bits per heavy atom. The number of nitro benzene ring substituents is 1. The quantitative estimate of drug-likeness (QED) is 0.485. The number of rotatable bonds is 3. The first kappa shape index (κ1) is 13.9. The van der Waals surface area contributed by atoms with Crippen LogP contribution >= 0.6 is 15.9 Å². The van der Waals surface area contributed by atoms with Crippen LogP contribution in [0.4, 0.5) is 11.4 Å².